The van der Waals surface area contributed by atoms with Gasteiger partial charge in [-0.2, -0.15) is 0 Å². The van der Waals surface area contributed by atoms with Crippen LogP contribution in [0, 0.1) is 6.92 Å². The summed E-state index contributed by atoms with van der Waals surface area (Å²) in [6.45, 7) is 1.79. The third-order valence-corrected chi connectivity index (χ3v) is 4.33. The highest BCUT2D eigenvalue weighted by Gasteiger charge is 2.13. The Morgan fingerprint density at radius 1 is 1.20 bits per heavy atom. The fourth-order valence-electron chi connectivity index (χ4n) is 2.38. The van der Waals surface area contributed by atoms with Gasteiger partial charge in [0.25, 0.3) is 5.56 Å². The summed E-state index contributed by atoms with van der Waals surface area (Å²) in [5, 5.41) is 0.809. The zero-order valence-electron chi connectivity index (χ0n) is 13.3. The first-order valence-corrected chi connectivity index (χ1v) is 8.27. The van der Waals surface area contributed by atoms with Crippen LogP contribution in [0.1, 0.15) is 16.8 Å². The first-order valence-electron chi connectivity index (χ1n) is 7.51. The molecule has 1 aromatic carbocycles. The number of esters is 1. The van der Waals surface area contributed by atoms with E-state index in [4.69, 9.17) is 27.9 Å². The van der Waals surface area contributed by atoms with Crippen molar-refractivity contribution in [1.29, 1.82) is 0 Å². The van der Waals surface area contributed by atoms with Gasteiger partial charge in [0.05, 0.1) is 12.1 Å². The number of pyridine rings is 1. The number of aromatic nitrogens is 2. The summed E-state index contributed by atoms with van der Waals surface area (Å²) < 4.78 is 6.65. The molecule has 0 aliphatic rings. The van der Waals surface area contributed by atoms with E-state index < -0.39 is 5.97 Å². The van der Waals surface area contributed by atoms with Gasteiger partial charge in [-0.3, -0.25) is 14.0 Å². The lowest BCUT2D eigenvalue weighted by Crippen LogP contribution is -2.17. The average molecular weight is 377 g/mol. The van der Waals surface area contributed by atoms with Gasteiger partial charge in [0.1, 0.15) is 12.3 Å². The van der Waals surface area contributed by atoms with E-state index in [0.717, 1.165) is 5.56 Å². The van der Waals surface area contributed by atoms with Crippen LogP contribution in [-0.4, -0.2) is 15.4 Å². The van der Waals surface area contributed by atoms with Crippen LogP contribution in [0.4, 0.5) is 0 Å². The van der Waals surface area contributed by atoms with Gasteiger partial charge in [0.15, 0.2) is 0 Å². The predicted molar refractivity (Wildman–Crippen MR) is 96.2 cm³/mol. The standard InChI is InChI=1S/C18H14Cl2N2O3/c1-11-5-6-16-21-12(7-17(23)22(16)9-11)10-25-18(24)8-13-14(19)3-2-4-15(13)20/h2-7,9H,8,10H2,1H3. The molecule has 3 aromatic rings. The molecule has 0 bridgehead atoms. The Hall–Kier alpha value is -2.37. The van der Waals surface area contributed by atoms with Crippen molar-refractivity contribution in [1.82, 2.24) is 9.38 Å². The molecule has 0 unspecified atom stereocenters. The SMILES string of the molecule is Cc1ccc2nc(COC(=O)Cc3c(Cl)cccc3Cl)cc(=O)n2c1. The third-order valence-electron chi connectivity index (χ3n) is 3.62. The summed E-state index contributed by atoms with van der Waals surface area (Å²) in [4.78, 5) is 28.5. The van der Waals surface area contributed by atoms with Crippen molar-refractivity contribution >= 4 is 34.8 Å². The molecule has 0 N–H and O–H groups in total. The second kappa shape index (κ2) is 7.25. The van der Waals surface area contributed by atoms with Gasteiger partial charge in [0, 0.05) is 27.9 Å². The highest BCUT2D eigenvalue weighted by atomic mass is 35.5. The molecule has 2 aromatic heterocycles. The molecule has 7 heteroatoms. The van der Waals surface area contributed by atoms with Crippen molar-refractivity contribution in [2.45, 2.75) is 20.0 Å². The van der Waals surface area contributed by atoms with Gasteiger partial charge in [-0.1, -0.05) is 35.3 Å². The quantitative estimate of drug-likeness (QED) is 0.652. The summed E-state index contributed by atoms with van der Waals surface area (Å²) >= 11 is 12.1. The van der Waals surface area contributed by atoms with Gasteiger partial charge in [0.2, 0.25) is 0 Å². The molecule has 2 heterocycles. The van der Waals surface area contributed by atoms with Crippen LogP contribution >= 0.6 is 23.2 Å². The molecule has 0 aliphatic heterocycles. The Morgan fingerprint density at radius 2 is 1.92 bits per heavy atom. The zero-order valence-corrected chi connectivity index (χ0v) is 14.8. The molecular weight excluding hydrogens is 363 g/mol. The monoisotopic (exact) mass is 376 g/mol. The number of hydrogen-bond donors (Lipinski definition) is 0. The minimum atomic E-state index is -0.499. The number of fused-ring (bicyclic) bond motifs is 1. The lowest BCUT2D eigenvalue weighted by atomic mass is 10.1. The van der Waals surface area contributed by atoms with E-state index in [2.05, 4.69) is 4.98 Å². The lowest BCUT2D eigenvalue weighted by Gasteiger charge is -2.08. The van der Waals surface area contributed by atoms with Crippen molar-refractivity contribution in [2.75, 3.05) is 0 Å². The largest absolute Gasteiger partial charge is 0.459 e. The van der Waals surface area contributed by atoms with Crippen molar-refractivity contribution in [3.8, 4) is 0 Å². The highest BCUT2D eigenvalue weighted by Crippen LogP contribution is 2.25. The van der Waals surface area contributed by atoms with Crippen LogP contribution in [0.25, 0.3) is 5.65 Å². The number of rotatable bonds is 4. The van der Waals surface area contributed by atoms with E-state index in [9.17, 15) is 9.59 Å². The molecule has 25 heavy (non-hydrogen) atoms. The molecule has 0 spiro atoms. The molecule has 0 saturated heterocycles. The van der Waals surface area contributed by atoms with Gasteiger partial charge < -0.3 is 4.74 Å². The van der Waals surface area contributed by atoms with Crippen molar-refractivity contribution in [3.05, 3.63) is 79.8 Å². The number of hydrogen-bond acceptors (Lipinski definition) is 4. The summed E-state index contributed by atoms with van der Waals surface area (Å²) in [7, 11) is 0. The maximum atomic E-state index is 12.1. The van der Waals surface area contributed by atoms with Crippen LogP contribution < -0.4 is 5.56 Å². The maximum absolute atomic E-state index is 12.1. The normalized spacial score (nSPS) is 10.8. The Kier molecular flexibility index (Phi) is 5.06. The van der Waals surface area contributed by atoms with Crippen LogP contribution in [0.5, 0.6) is 0 Å². The second-order valence-corrected chi connectivity index (χ2v) is 6.37. The van der Waals surface area contributed by atoms with Crippen LogP contribution in [0.2, 0.25) is 10.0 Å². The maximum Gasteiger partial charge on any atom is 0.310 e. The molecule has 0 radical (unpaired) electrons. The number of halogens is 2. The van der Waals surface area contributed by atoms with Crippen LogP contribution in [0.3, 0.4) is 0 Å². The average Bonchev–Trinajstić information content (AvgIpc) is 2.57. The first kappa shape index (κ1) is 17.5. The Labute approximate surface area is 153 Å². The van der Waals surface area contributed by atoms with Gasteiger partial charge >= 0.3 is 5.97 Å². The minimum absolute atomic E-state index is 0.0513. The number of carbonyl (C=O) groups is 1. The molecular formula is C18H14Cl2N2O3. The smallest absolute Gasteiger partial charge is 0.310 e. The fourth-order valence-corrected chi connectivity index (χ4v) is 2.91. The molecule has 0 aliphatic carbocycles. The molecule has 5 nitrogen and oxygen atoms in total. The van der Waals surface area contributed by atoms with E-state index in [1.165, 1.54) is 10.5 Å². The third kappa shape index (κ3) is 4.00. The predicted octanol–water partition coefficient (Wildman–Crippen LogP) is 3.60. The van der Waals surface area contributed by atoms with Gasteiger partial charge in [-0.15, -0.1) is 0 Å². The number of ether oxygens (including phenoxy) is 1. The zero-order chi connectivity index (χ0) is 18.0. The fraction of sp³-hybridized carbons (Fsp3) is 0.167. The highest BCUT2D eigenvalue weighted by molar-refractivity contribution is 6.36. The molecule has 0 saturated carbocycles. The van der Waals surface area contributed by atoms with Crippen LogP contribution in [-0.2, 0) is 22.6 Å². The number of aryl methyl sites for hydroxylation is 1. The molecule has 0 atom stereocenters. The molecule has 0 fully saturated rings. The summed E-state index contributed by atoms with van der Waals surface area (Å²) in [5.41, 5.74) is 2.12. The van der Waals surface area contributed by atoms with Crippen LogP contribution in [0.15, 0.2) is 47.4 Å². The van der Waals surface area contributed by atoms with Gasteiger partial charge in [-0.05, 0) is 30.7 Å². The van der Waals surface area contributed by atoms with E-state index in [1.54, 1.807) is 30.5 Å². The van der Waals surface area contributed by atoms with E-state index in [-0.39, 0.29) is 18.6 Å². The summed E-state index contributed by atoms with van der Waals surface area (Å²) in [5.74, 6) is -0.499. The molecule has 0 amide bonds. The number of nitrogens with zero attached hydrogens (tertiary/aromatic N) is 2. The van der Waals surface area contributed by atoms with Crippen molar-refractivity contribution < 1.29 is 9.53 Å². The van der Waals surface area contributed by atoms with Crippen molar-refractivity contribution in [3.63, 3.8) is 0 Å². The molecule has 3 rings (SSSR count). The van der Waals surface area contributed by atoms with E-state index >= 15 is 0 Å². The lowest BCUT2D eigenvalue weighted by molar-refractivity contribution is -0.144. The van der Waals surface area contributed by atoms with Gasteiger partial charge in [-0.25, -0.2) is 4.98 Å². The van der Waals surface area contributed by atoms with E-state index in [1.807, 2.05) is 13.0 Å². The summed E-state index contributed by atoms with van der Waals surface area (Å²) in [6, 6.07) is 9.96. The van der Waals surface area contributed by atoms with E-state index in [0.29, 0.717) is 26.9 Å². The topological polar surface area (TPSA) is 60.7 Å². The number of benzene rings is 1. The Bertz CT molecular complexity index is 995. The van der Waals surface area contributed by atoms with Crippen molar-refractivity contribution in [2.24, 2.45) is 0 Å². The second-order valence-electron chi connectivity index (χ2n) is 5.56. The summed E-state index contributed by atoms with van der Waals surface area (Å²) in [6.07, 6.45) is 1.66. The molecule has 128 valence electrons. The number of carbonyl (C=O) groups excluding carboxylic acids is 1. The Morgan fingerprint density at radius 3 is 2.64 bits per heavy atom. The first-order chi connectivity index (χ1) is 11.9. The Balaban J connectivity index is 1.73. The minimum Gasteiger partial charge on any atom is -0.459 e.